The summed E-state index contributed by atoms with van der Waals surface area (Å²) in [4.78, 5) is 25.1. The van der Waals surface area contributed by atoms with Gasteiger partial charge in [0.25, 0.3) is 5.91 Å². The molecule has 1 aromatic heterocycles. The Balaban J connectivity index is 2.10. The molecule has 0 saturated carbocycles. The summed E-state index contributed by atoms with van der Waals surface area (Å²) < 4.78 is 5.09. The maximum absolute atomic E-state index is 12.4. The van der Waals surface area contributed by atoms with Crippen molar-refractivity contribution in [3.63, 3.8) is 0 Å². The topological polar surface area (TPSA) is 67.4 Å². The van der Waals surface area contributed by atoms with Crippen LogP contribution in [0.25, 0.3) is 0 Å². The van der Waals surface area contributed by atoms with Crippen molar-refractivity contribution < 1.29 is 14.3 Å². The molecule has 1 aromatic carbocycles. The highest BCUT2D eigenvalue weighted by Crippen LogP contribution is 2.29. The molecule has 0 spiro atoms. The Labute approximate surface area is 146 Å². The number of methoxy groups -OCH3 is 1. The number of aryl methyl sites for hydroxylation is 1. The Bertz CT molecular complexity index is 743. The monoisotopic (exact) mass is 346 g/mol. The third-order valence-corrected chi connectivity index (χ3v) is 4.54. The molecular weight excluding hydrogens is 324 g/mol. The lowest BCUT2D eigenvalue weighted by Gasteiger charge is -2.16. The Morgan fingerprint density at radius 2 is 1.71 bits per heavy atom. The quantitative estimate of drug-likeness (QED) is 0.867. The summed E-state index contributed by atoms with van der Waals surface area (Å²) in [5, 5.41) is 6.38. The van der Waals surface area contributed by atoms with Crippen LogP contribution in [0, 0.1) is 12.3 Å². The van der Waals surface area contributed by atoms with Gasteiger partial charge >= 0.3 is 0 Å². The number of amides is 2. The second-order valence-electron chi connectivity index (χ2n) is 6.51. The largest absolute Gasteiger partial charge is 0.497 e. The van der Waals surface area contributed by atoms with Gasteiger partial charge in [-0.05, 0) is 42.8 Å². The van der Waals surface area contributed by atoms with Crippen LogP contribution in [0.2, 0.25) is 0 Å². The van der Waals surface area contributed by atoms with E-state index in [4.69, 9.17) is 4.74 Å². The Hall–Kier alpha value is -2.34. The van der Waals surface area contributed by atoms with Crippen LogP contribution in [-0.2, 0) is 4.79 Å². The highest BCUT2D eigenvalue weighted by atomic mass is 32.1. The predicted molar refractivity (Wildman–Crippen MR) is 98.1 cm³/mol. The van der Waals surface area contributed by atoms with Gasteiger partial charge in [-0.15, -0.1) is 11.3 Å². The zero-order chi connectivity index (χ0) is 17.9. The molecule has 0 radical (unpaired) electrons. The molecule has 2 N–H and O–H groups in total. The van der Waals surface area contributed by atoms with Crippen molar-refractivity contribution in [3.05, 3.63) is 40.8 Å². The predicted octanol–water partition coefficient (Wildman–Crippen LogP) is 4.30. The van der Waals surface area contributed by atoms with E-state index in [1.54, 1.807) is 31.4 Å². The molecule has 2 aromatic rings. The minimum atomic E-state index is -0.483. The standard InChI is InChI=1S/C18H22N2O3S/c1-11-10-14(20-17(22)18(2,3)4)24-15(11)16(21)19-12-6-8-13(23-5)9-7-12/h6-10H,1-5H3,(H,19,21)(H,20,22). The third kappa shape index (κ3) is 4.35. The van der Waals surface area contributed by atoms with Gasteiger partial charge < -0.3 is 15.4 Å². The number of carbonyl (C=O) groups is 2. The maximum atomic E-state index is 12.4. The van der Waals surface area contributed by atoms with Crippen LogP contribution in [0.15, 0.2) is 30.3 Å². The highest BCUT2D eigenvalue weighted by Gasteiger charge is 2.23. The molecule has 1 heterocycles. The molecule has 128 valence electrons. The summed E-state index contributed by atoms with van der Waals surface area (Å²) in [6, 6.07) is 8.94. The van der Waals surface area contributed by atoms with E-state index in [9.17, 15) is 9.59 Å². The van der Waals surface area contributed by atoms with Gasteiger partial charge in [0.05, 0.1) is 17.0 Å². The van der Waals surface area contributed by atoms with Crippen LogP contribution < -0.4 is 15.4 Å². The molecule has 5 nitrogen and oxygen atoms in total. The fourth-order valence-corrected chi connectivity index (χ4v) is 2.89. The van der Waals surface area contributed by atoms with E-state index < -0.39 is 5.41 Å². The fraction of sp³-hybridized carbons (Fsp3) is 0.333. The first-order valence-electron chi connectivity index (χ1n) is 7.58. The fourth-order valence-electron chi connectivity index (χ4n) is 1.93. The van der Waals surface area contributed by atoms with Crippen LogP contribution >= 0.6 is 11.3 Å². The number of carbonyl (C=O) groups excluding carboxylic acids is 2. The summed E-state index contributed by atoms with van der Waals surface area (Å²) in [5.74, 6) is 0.456. The SMILES string of the molecule is COc1ccc(NC(=O)c2sc(NC(=O)C(C)(C)C)cc2C)cc1. The second kappa shape index (κ2) is 7.05. The van der Waals surface area contributed by atoms with Crippen LogP contribution in [0.3, 0.4) is 0 Å². The van der Waals surface area contributed by atoms with Crippen molar-refractivity contribution in [2.75, 3.05) is 17.7 Å². The number of thiophene rings is 1. The van der Waals surface area contributed by atoms with E-state index >= 15 is 0 Å². The number of nitrogens with one attached hydrogen (secondary N) is 2. The molecule has 0 aliphatic heterocycles. The van der Waals surface area contributed by atoms with Crippen molar-refractivity contribution in [2.45, 2.75) is 27.7 Å². The van der Waals surface area contributed by atoms with Gasteiger partial charge in [-0.25, -0.2) is 0 Å². The minimum absolute atomic E-state index is 0.0779. The summed E-state index contributed by atoms with van der Waals surface area (Å²) in [6.07, 6.45) is 0. The lowest BCUT2D eigenvalue weighted by molar-refractivity contribution is -0.123. The third-order valence-electron chi connectivity index (χ3n) is 3.39. The molecule has 0 atom stereocenters. The van der Waals surface area contributed by atoms with Crippen LogP contribution in [0.1, 0.15) is 36.0 Å². The zero-order valence-electron chi connectivity index (χ0n) is 14.5. The molecule has 0 bridgehead atoms. The second-order valence-corrected chi connectivity index (χ2v) is 7.56. The Morgan fingerprint density at radius 3 is 2.25 bits per heavy atom. The summed E-state index contributed by atoms with van der Waals surface area (Å²) >= 11 is 1.27. The summed E-state index contributed by atoms with van der Waals surface area (Å²) in [6.45, 7) is 7.40. The van der Waals surface area contributed by atoms with Gasteiger partial charge in [0, 0.05) is 11.1 Å². The normalized spacial score (nSPS) is 11.0. The first kappa shape index (κ1) is 18.0. The number of ether oxygens (including phenoxy) is 1. The van der Waals surface area contributed by atoms with Crippen LogP contribution in [0.4, 0.5) is 10.7 Å². The number of anilines is 2. The minimum Gasteiger partial charge on any atom is -0.497 e. The van der Waals surface area contributed by atoms with E-state index in [0.29, 0.717) is 15.6 Å². The molecular formula is C18H22N2O3S. The smallest absolute Gasteiger partial charge is 0.266 e. The molecule has 6 heteroatoms. The van der Waals surface area contributed by atoms with Gasteiger partial charge in [0.15, 0.2) is 0 Å². The van der Waals surface area contributed by atoms with Crippen molar-refractivity contribution >= 4 is 33.8 Å². The van der Waals surface area contributed by atoms with Gasteiger partial charge in [-0.3, -0.25) is 9.59 Å². The molecule has 24 heavy (non-hydrogen) atoms. The van der Waals surface area contributed by atoms with Gasteiger partial charge in [0.1, 0.15) is 5.75 Å². The lowest BCUT2D eigenvalue weighted by atomic mass is 9.96. The van der Waals surface area contributed by atoms with Gasteiger partial charge in [0.2, 0.25) is 5.91 Å². The van der Waals surface area contributed by atoms with Crippen LogP contribution in [0.5, 0.6) is 5.75 Å². The number of rotatable bonds is 4. The zero-order valence-corrected chi connectivity index (χ0v) is 15.3. The molecule has 0 saturated heterocycles. The Kier molecular flexibility index (Phi) is 5.29. The van der Waals surface area contributed by atoms with Crippen LogP contribution in [-0.4, -0.2) is 18.9 Å². The molecule has 2 rings (SSSR count). The van der Waals surface area contributed by atoms with E-state index in [2.05, 4.69) is 10.6 Å². The first-order valence-corrected chi connectivity index (χ1v) is 8.39. The molecule has 0 aliphatic rings. The van der Waals surface area contributed by atoms with E-state index in [0.717, 1.165) is 11.3 Å². The molecule has 2 amide bonds. The van der Waals surface area contributed by atoms with Crippen molar-refractivity contribution in [2.24, 2.45) is 5.41 Å². The van der Waals surface area contributed by atoms with E-state index in [1.165, 1.54) is 11.3 Å². The average Bonchev–Trinajstić information content (AvgIpc) is 2.87. The van der Waals surface area contributed by atoms with Gasteiger partial charge in [-0.1, -0.05) is 20.8 Å². The average molecular weight is 346 g/mol. The summed E-state index contributed by atoms with van der Waals surface area (Å²) in [5.41, 5.74) is 1.03. The number of hydrogen-bond donors (Lipinski definition) is 2. The van der Waals surface area contributed by atoms with Crippen molar-refractivity contribution in [1.29, 1.82) is 0 Å². The molecule has 0 unspecified atom stereocenters. The molecule has 0 fully saturated rings. The van der Waals surface area contributed by atoms with Crippen molar-refractivity contribution in [1.82, 2.24) is 0 Å². The van der Waals surface area contributed by atoms with E-state index in [-0.39, 0.29) is 11.8 Å². The van der Waals surface area contributed by atoms with E-state index in [1.807, 2.05) is 33.8 Å². The van der Waals surface area contributed by atoms with Gasteiger partial charge in [-0.2, -0.15) is 0 Å². The Morgan fingerprint density at radius 1 is 1.08 bits per heavy atom. The molecule has 0 aliphatic carbocycles. The van der Waals surface area contributed by atoms with Crippen molar-refractivity contribution in [3.8, 4) is 5.75 Å². The number of hydrogen-bond acceptors (Lipinski definition) is 4. The highest BCUT2D eigenvalue weighted by molar-refractivity contribution is 7.18. The maximum Gasteiger partial charge on any atom is 0.266 e. The first-order chi connectivity index (χ1) is 11.2. The summed E-state index contributed by atoms with van der Waals surface area (Å²) in [7, 11) is 1.59. The number of benzene rings is 1. The lowest BCUT2D eigenvalue weighted by Crippen LogP contribution is -2.27.